The van der Waals surface area contributed by atoms with Crippen LogP contribution in [0.1, 0.15) is 57.1 Å². The van der Waals surface area contributed by atoms with Crippen LogP contribution in [0.2, 0.25) is 0 Å². The molecule has 24 heavy (non-hydrogen) atoms. The average molecular weight is 335 g/mol. The molecule has 6 heteroatoms. The number of aromatic nitrogens is 2. The van der Waals surface area contributed by atoms with Crippen LogP contribution in [0.15, 0.2) is 17.3 Å². The molecule has 2 rings (SSSR count). The van der Waals surface area contributed by atoms with Gasteiger partial charge >= 0.3 is 0 Å². The molecule has 0 bridgehead atoms. The zero-order chi connectivity index (χ0) is 17.0. The topological polar surface area (TPSA) is 63.5 Å². The molecular formula is C18H33N5O. The van der Waals surface area contributed by atoms with E-state index in [4.69, 9.17) is 4.74 Å². The van der Waals surface area contributed by atoms with Crippen LogP contribution < -0.4 is 10.6 Å². The van der Waals surface area contributed by atoms with Crippen LogP contribution >= 0.6 is 0 Å². The highest BCUT2D eigenvalue weighted by Crippen LogP contribution is 2.20. The van der Waals surface area contributed by atoms with Crippen molar-refractivity contribution in [3.8, 4) is 0 Å². The number of unbranched alkanes of at least 4 members (excludes halogenated alkanes) is 2. The van der Waals surface area contributed by atoms with Gasteiger partial charge in [0.25, 0.3) is 0 Å². The molecular weight excluding hydrogens is 302 g/mol. The Bertz CT molecular complexity index is 480. The molecule has 1 aliphatic carbocycles. The first-order chi connectivity index (χ1) is 11.8. The number of aryl methyl sites for hydroxylation is 1. The maximum Gasteiger partial charge on any atom is 0.191 e. The van der Waals surface area contributed by atoms with Crippen molar-refractivity contribution in [2.24, 2.45) is 12.0 Å². The summed E-state index contributed by atoms with van der Waals surface area (Å²) in [5, 5.41) is 10.8. The van der Waals surface area contributed by atoms with E-state index in [1.54, 1.807) is 7.05 Å². The van der Waals surface area contributed by atoms with E-state index in [1.807, 2.05) is 24.0 Å². The van der Waals surface area contributed by atoms with E-state index in [0.29, 0.717) is 6.10 Å². The summed E-state index contributed by atoms with van der Waals surface area (Å²) in [7, 11) is 3.75. The number of hydrogen-bond acceptors (Lipinski definition) is 3. The Morgan fingerprint density at radius 2 is 2.08 bits per heavy atom. The molecule has 0 spiro atoms. The minimum atomic E-state index is 0.534. The van der Waals surface area contributed by atoms with Gasteiger partial charge in [-0.15, -0.1) is 0 Å². The van der Waals surface area contributed by atoms with Gasteiger partial charge in [-0.05, 0) is 38.2 Å². The second-order valence-electron chi connectivity index (χ2n) is 6.49. The molecule has 1 saturated carbocycles. The van der Waals surface area contributed by atoms with Gasteiger partial charge in [0.1, 0.15) is 0 Å². The second kappa shape index (κ2) is 11.1. The fraction of sp³-hybridized carbons (Fsp3) is 0.778. The first kappa shape index (κ1) is 18.8. The molecule has 1 heterocycles. The minimum Gasteiger partial charge on any atom is -0.378 e. The zero-order valence-electron chi connectivity index (χ0n) is 15.3. The van der Waals surface area contributed by atoms with E-state index in [2.05, 4.69) is 20.7 Å². The summed E-state index contributed by atoms with van der Waals surface area (Å²) >= 11 is 0. The lowest BCUT2D eigenvalue weighted by Crippen LogP contribution is -2.37. The highest BCUT2D eigenvalue weighted by Gasteiger charge is 2.12. The van der Waals surface area contributed by atoms with Crippen molar-refractivity contribution in [2.45, 2.75) is 64.0 Å². The predicted octanol–water partition coefficient (Wildman–Crippen LogP) is 2.60. The normalized spacial score (nSPS) is 16.3. The number of rotatable bonds is 9. The Morgan fingerprint density at radius 1 is 1.25 bits per heavy atom. The summed E-state index contributed by atoms with van der Waals surface area (Å²) in [5.74, 6) is 0.842. The van der Waals surface area contributed by atoms with Crippen LogP contribution in [-0.4, -0.2) is 42.0 Å². The highest BCUT2D eigenvalue weighted by molar-refractivity contribution is 5.79. The number of guanidine groups is 1. The summed E-state index contributed by atoms with van der Waals surface area (Å²) in [5.41, 5.74) is 1.14. The number of ether oxygens (including phenoxy) is 1. The van der Waals surface area contributed by atoms with Crippen molar-refractivity contribution in [2.75, 3.05) is 20.2 Å². The molecule has 0 atom stereocenters. The lowest BCUT2D eigenvalue weighted by Gasteiger charge is -2.21. The third-order valence-corrected chi connectivity index (χ3v) is 4.60. The number of aliphatic imine (C=N–C) groups is 1. The Labute approximate surface area is 146 Å². The van der Waals surface area contributed by atoms with Gasteiger partial charge < -0.3 is 15.4 Å². The Morgan fingerprint density at radius 3 is 2.79 bits per heavy atom. The molecule has 0 amide bonds. The lowest BCUT2D eigenvalue weighted by molar-refractivity contribution is 0.0264. The maximum atomic E-state index is 5.96. The smallest absolute Gasteiger partial charge is 0.191 e. The van der Waals surface area contributed by atoms with Crippen molar-refractivity contribution in [1.29, 1.82) is 0 Å². The molecule has 0 saturated heterocycles. The van der Waals surface area contributed by atoms with E-state index < -0.39 is 0 Å². The molecule has 1 fully saturated rings. The van der Waals surface area contributed by atoms with Crippen LogP contribution in [0.3, 0.4) is 0 Å². The Balaban J connectivity index is 1.47. The van der Waals surface area contributed by atoms with E-state index in [1.165, 1.54) is 38.5 Å². The number of nitrogens with one attached hydrogen (secondary N) is 2. The van der Waals surface area contributed by atoms with Gasteiger partial charge in [-0.2, -0.15) is 5.10 Å². The zero-order valence-corrected chi connectivity index (χ0v) is 15.3. The van der Waals surface area contributed by atoms with Gasteiger partial charge in [-0.3, -0.25) is 9.67 Å². The van der Waals surface area contributed by atoms with Crippen LogP contribution in [0.5, 0.6) is 0 Å². The molecule has 1 aromatic rings. The monoisotopic (exact) mass is 335 g/mol. The third kappa shape index (κ3) is 6.91. The van der Waals surface area contributed by atoms with Crippen molar-refractivity contribution < 1.29 is 4.74 Å². The quantitative estimate of drug-likeness (QED) is 0.414. The van der Waals surface area contributed by atoms with Gasteiger partial charge in [-0.25, -0.2) is 0 Å². The number of hydrogen-bond donors (Lipinski definition) is 2. The molecule has 1 aliphatic rings. The molecule has 0 radical (unpaired) electrons. The van der Waals surface area contributed by atoms with Crippen LogP contribution in [-0.2, 0) is 18.3 Å². The minimum absolute atomic E-state index is 0.534. The van der Waals surface area contributed by atoms with Crippen molar-refractivity contribution in [3.63, 3.8) is 0 Å². The van der Waals surface area contributed by atoms with Crippen molar-refractivity contribution in [3.05, 3.63) is 18.0 Å². The van der Waals surface area contributed by atoms with Crippen LogP contribution in [0.4, 0.5) is 0 Å². The van der Waals surface area contributed by atoms with Gasteiger partial charge in [0, 0.05) is 33.4 Å². The Kier molecular flexibility index (Phi) is 8.66. The summed E-state index contributed by atoms with van der Waals surface area (Å²) in [6.45, 7) is 2.58. The first-order valence-electron chi connectivity index (χ1n) is 9.32. The van der Waals surface area contributed by atoms with Gasteiger partial charge in [-0.1, -0.05) is 19.3 Å². The van der Waals surface area contributed by atoms with Crippen LogP contribution in [0.25, 0.3) is 0 Å². The van der Waals surface area contributed by atoms with Gasteiger partial charge in [0.15, 0.2) is 5.96 Å². The molecule has 136 valence electrons. The predicted molar refractivity (Wildman–Crippen MR) is 98.1 cm³/mol. The lowest BCUT2D eigenvalue weighted by atomic mass is 9.98. The van der Waals surface area contributed by atoms with Crippen LogP contribution in [0, 0.1) is 0 Å². The number of nitrogens with zero attached hydrogens (tertiary/aromatic N) is 3. The Hall–Kier alpha value is -1.56. The molecule has 0 aliphatic heterocycles. The van der Waals surface area contributed by atoms with E-state index in [9.17, 15) is 0 Å². The standard InChI is InChI=1S/C18H33N5O/c1-19-18(21-15-16-11-13-22-23(16)2)20-12-7-4-8-14-24-17-9-5-3-6-10-17/h11,13,17H,3-10,12,14-15H2,1-2H3,(H2,19,20,21). The molecule has 0 unspecified atom stereocenters. The summed E-state index contributed by atoms with van der Waals surface area (Å²) in [6, 6.07) is 2.01. The summed E-state index contributed by atoms with van der Waals surface area (Å²) in [4.78, 5) is 4.25. The van der Waals surface area contributed by atoms with E-state index >= 15 is 0 Å². The van der Waals surface area contributed by atoms with Gasteiger partial charge in [0.05, 0.1) is 18.3 Å². The summed E-state index contributed by atoms with van der Waals surface area (Å²) < 4.78 is 7.83. The van der Waals surface area contributed by atoms with Crippen molar-refractivity contribution >= 4 is 5.96 Å². The fourth-order valence-corrected chi connectivity index (χ4v) is 3.06. The van der Waals surface area contributed by atoms with E-state index in [-0.39, 0.29) is 0 Å². The van der Waals surface area contributed by atoms with Crippen molar-refractivity contribution in [1.82, 2.24) is 20.4 Å². The summed E-state index contributed by atoms with van der Waals surface area (Å²) in [6.07, 6.45) is 12.4. The average Bonchev–Trinajstić information content (AvgIpc) is 3.02. The highest BCUT2D eigenvalue weighted by atomic mass is 16.5. The second-order valence-corrected chi connectivity index (χ2v) is 6.49. The largest absolute Gasteiger partial charge is 0.378 e. The maximum absolute atomic E-state index is 5.96. The molecule has 2 N–H and O–H groups in total. The first-order valence-corrected chi connectivity index (χ1v) is 9.32. The third-order valence-electron chi connectivity index (χ3n) is 4.60. The molecule has 0 aromatic carbocycles. The molecule has 6 nitrogen and oxygen atoms in total. The molecule has 1 aromatic heterocycles. The SMILES string of the molecule is CN=C(NCCCCCOC1CCCCC1)NCc1ccnn1C. The fourth-order valence-electron chi connectivity index (χ4n) is 3.06. The van der Waals surface area contributed by atoms with Gasteiger partial charge in [0.2, 0.25) is 0 Å². The van der Waals surface area contributed by atoms with E-state index in [0.717, 1.165) is 44.2 Å².